The molecular formula is C22H27ClFN3OS2. The maximum atomic E-state index is 13.5. The fourth-order valence-electron chi connectivity index (χ4n) is 2.86. The number of amides is 1. The number of benzene rings is 2. The Morgan fingerprint density at radius 2 is 1.83 bits per heavy atom. The summed E-state index contributed by atoms with van der Waals surface area (Å²) >= 11 is 3.16. The van der Waals surface area contributed by atoms with Gasteiger partial charge in [0.1, 0.15) is 5.82 Å². The van der Waals surface area contributed by atoms with Crippen molar-refractivity contribution in [2.45, 2.75) is 30.4 Å². The molecule has 1 aromatic heterocycles. The Morgan fingerprint density at radius 1 is 1.13 bits per heavy atom. The summed E-state index contributed by atoms with van der Waals surface area (Å²) in [5.41, 5.74) is 1.69. The first-order chi connectivity index (χ1) is 13.8. The van der Waals surface area contributed by atoms with E-state index in [0.29, 0.717) is 28.9 Å². The van der Waals surface area contributed by atoms with E-state index in [-0.39, 0.29) is 24.1 Å². The van der Waals surface area contributed by atoms with E-state index in [9.17, 15) is 9.18 Å². The fourth-order valence-corrected chi connectivity index (χ4v) is 4.73. The largest absolute Gasteiger partial charge is 0.308 e. The van der Waals surface area contributed by atoms with Gasteiger partial charge in [0, 0.05) is 23.2 Å². The number of carbonyl (C=O) groups is 1. The van der Waals surface area contributed by atoms with Gasteiger partial charge in [0.05, 0.1) is 16.6 Å². The number of thiazole rings is 1. The van der Waals surface area contributed by atoms with Gasteiger partial charge in [0.25, 0.3) is 0 Å². The second-order valence-corrected chi connectivity index (χ2v) is 10.1. The lowest BCUT2D eigenvalue weighted by atomic mass is 10.1. The second kappa shape index (κ2) is 11.1. The number of likely N-dealkylation sites (N-methyl/N-ethyl adjacent to an activating group) is 1. The van der Waals surface area contributed by atoms with Crippen LogP contribution < -0.4 is 4.90 Å². The number of thioether (sulfide) groups is 1. The van der Waals surface area contributed by atoms with E-state index in [0.717, 1.165) is 16.8 Å². The van der Waals surface area contributed by atoms with Gasteiger partial charge in [-0.05, 0) is 50.0 Å². The highest BCUT2D eigenvalue weighted by Crippen LogP contribution is 2.30. The van der Waals surface area contributed by atoms with Crippen molar-refractivity contribution in [2.75, 3.05) is 32.1 Å². The molecule has 0 radical (unpaired) electrons. The third kappa shape index (κ3) is 6.67. The number of aromatic nitrogens is 1. The van der Waals surface area contributed by atoms with E-state index in [1.165, 1.54) is 28.4 Å². The molecule has 8 heteroatoms. The highest BCUT2D eigenvalue weighted by molar-refractivity contribution is 7.99. The first kappa shape index (κ1) is 24.6. The Balaban J connectivity index is 0.00000320. The summed E-state index contributed by atoms with van der Waals surface area (Å²) in [6, 6.07) is 12.7. The Bertz CT molecular complexity index is 976. The second-order valence-electron chi connectivity index (χ2n) is 7.44. The van der Waals surface area contributed by atoms with Gasteiger partial charge in [-0.1, -0.05) is 37.3 Å². The third-order valence-electron chi connectivity index (χ3n) is 4.29. The zero-order chi connectivity index (χ0) is 21.0. The minimum absolute atomic E-state index is 0. The van der Waals surface area contributed by atoms with Crippen LogP contribution in [0, 0.1) is 5.82 Å². The summed E-state index contributed by atoms with van der Waals surface area (Å²) in [6.45, 7) is 5.58. The molecule has 0 saturated heterocycles. The summed E-state index contributed by atoms with van der Waals surface area (Å²) in [7, 11) is 3.95. The average molecular weight is 468 g/mol. The first-order valence-corrected chi connectivity index (χ1v) is 11.3. The fraction of sp³-hybridized carbons (Fsp3) is 0.364. The molecule has 0 aliphatic carbocycles. The molecule has 0 atom stereocenters. The van der Waals surface area contributed by atoms with Crippen LogP contribution in [0.3, 0.4) is 0 Å². The molecule has 0 fully saturated rings. The number of hydrogen-bond acceptors (Lipinski definition) is 5. The summed E-state index contributed by atoms with van der Waals surface area (Å²) < 4.78 is 14.3. The van der Waals surface area contributed by atoms with E-state index in [1.807, 2.05) is 31.1 Å². The smallest absolute Gasteiger partial charge is 0.233 e. The Hall–Kier alpha value is -1.67. The average Bonchev–Trinajstić information content (AvgIpc) is 3.05. The minimum atomic E-state index is -0.293. The van der Waals surface area contributed by atoms with Crippen LogP contribution in [0.2, 0.25) is 0 Å². The zero-order valence-corrected chi connectivity index (χ0v) is 20.0. The van der Waals surface area contributed by atoms with Gasteiger partial charge < -0.3 is 4.90 Å². The van der Waals surface area contributed by atoms with Crippen molar-refractivity contribution < 1.29 is 9.18 Å². The molecule has 162 valence electrons. The Morgan fingerprint density at radius 3 is 2.47 bits per heavy atom. The van der Waals surface area contributed by atoms with Gasteiger partial charge in [-0.25, -0.2) is 9.37 Å². The van der Waals surface area contributed by atoms with Crippen LogP contribution in [0.4, 0.5) is 9.52 Å². The normalized spacial score (nSPS) is 11.2. The highest BCUT2D eigenvalue weighted by atomic mass is 35.5. The Kier molecular flexibility index (Phi) is 9.09. The summed E-state index contributed by atoms with van der Waals surface area (Å²) in [5, 5.41) is 1.14. The maximum absolute atomic E-state index is 13.5. The molecule has 0 aliphatic heterocycles. The number of halogens is 2. The topological polar surface area (TPSA) is 36.4 Å². The van der Waals surface area contributed by atoms with Crippen LogP contribution in [-0.2, 0) is 11.2 Å². The lowest BCUT2D eigenvalue weighted by molar-refractivity contribution is -0.118. The molecule has 0 unspecified atom stereocenters. The standard InChI is InChI=1S/C22H26FN3OS2.ClH/c1-15(2)28-18-8-5-16(6-9-18)13-21(27)26(12-11-25(3)4)22-24-19-10-7-17(23)14-20(19)29-22;/h5-10,14-15H,11-13H2,1-4H3;1H. The van der Waals surface area contributed by atoms with E-state index in [2.05, 4.69) is 31.0 Å². The van der Waals surface area contributed by atoms with Crippen LogP contribution >= 0.6 is 35.5 Å². The summed E-state index contributed by atoms with van der Waals surface area (Å²) in [6.07, 6.45) is 0.310. The molecule has 0 spiro atoms. The molecule has 0 aliphatic rings. The van der Waals surface area contributed by atoms with Crippen molar-refractivity contribution in [3.05, 3.63) is 53.8 Å². The maximum Gasteiger partial charge on any atom is 0.233 e. The zero-order valence-electron chi connectivity index (χ0n) is 17.6. The Labute approximate surface area is 191 Å². The molecule has 1 amide bonds. The lowest BCUT2D eigenvalue weighted by Gasteiger charge is -2.22. The number of hydrogen-bond donors (Lipinski definition) is 0. The van der Waals surface area contributed by atoms with Gasteiger partial charge in [0.2, 0.25) is 5.91 Å². The van der Waals surface area contributed by atoms with Gasteiger partial charge in [-0.3, -0.25) is 9.69 Å². The molecule has 1 heterocycles. The first-order valence-electron chi connectivity index (χ1n) is 9.58. The van der Waals surface area contributed by atoms with E-state index in [4.69, 9.17) is 0 Å². The van der Waals surface area contributed by atoms with Crippen molar-refractivity contribution in [1.82, 2.24) is 9.88 Å². The molecule has 0 N–H and O–H groups in total. The van der Waals surface area contributed by atoms with Crippen molar-refractivity contribution in [3.63, 3.8) is 0 Å². The number of anilines is 1. The number of fused-ring (bicyclic) bond motifs is 1. The van der Waals surface area contributed by atoms with E-state index in [1.54, 1.807) is 22.7 Å². The molecule has 3 aromatic rings. The van der Waals surface area contributed by atoms with Gasteiger partial charge in [0.15, 0.2) is 5.13 Å². The van der Waals surface area contributed by atoms with Gasteiger partial charge >= 0.3 is 0 Å². The van der Waals surface area contributed by atoms with Crippen molar-refractivity contribution >= 4 is 56.8 Å². The minimum Gasteiger partial charge on any atom is -0.308 e. The molecule has 3 rings (SSSR count). The predicted octanol–water partition coefficient (Wildman–Crippen LogP) is 5.50. The quantitative estimate of drug-likeness (QED) is 0.410. The molecule has 0 bridgehead atoms. The molecule has 0 saturated carbocycles. The van der Waals surface area contributed by atoms with Crippen LogP contribution in [-0.4, -0.2) is 48.2 Å². The monoisotopic (exact) mass is 467 g/mol. The third-order valence-corrected chi connectivity index (χ3v) is 6.35. The number of rotatable bonds is 8. The molecule has 2 aromatic carbocycles. The van der Waals surface area contributed by atoms with Crippen LogP contribution in [0.25, 0.3) is 10.2 Å². The highest BCUT2D eigenvalue weighted by Gasteiger charge is 2.20. The van der Waals surface area contributed by atoms with Crippen LogP contribution in [0.15, 0.2) is 47.4 Å². The molecule has 30 heavy (non-hydrogen) atoms. The van der Waals surface area contributed by atoms with E-state index < -0.39 is 0 Å². The lowest BCUT2D eigenvalue weighted by Crippen LogP contribution is -2.37. The van der Waals surface area contributed by atoms with Crippen LogP contribution in [0.5, 0.6) is 0 Å². The van der Waals surface area contributed by atoms with Crippen molar-refractivity contribution in [1.29, 1.82) is 0 Å². The van der Waals surface area contributed by atoms with E-state index >= 15 is 0 Å². The summed E-state index contributed by atoms with van der Waals surface area (Å²) in [4.78, 5) is 22.7. The van der Waals surface area contributed by atoms with Gasteiger partial charge in [-0.15, -0.1) is 24.2 Å². The number of carbonyl (C=O) groups excluding carboxylic acids is 1. The molecule has 4 nitrogen and oxygen atoms in total. The van der Waals surface area contributed by atoms with Crippen molar-refractivity contribution in [2.24, 2.45) is 0 Å². The van der Waals surface area contributed by atoms with Crippen molar-refractivity contribution in [3.8, 4) is 0 Å². The van der Waals surface area contributed by atoms with Gasteiger partial charge in [-0.2, -0.15) is 0 Å². The summed E-state index contributed by atoms with van der Waals surface area (Å²) in [5.74, 6) is -0.297. The predicted molar refractivity (Wildman–Crippen MR) is 129 cm³/mol. The number of nitrogens with zero attached hydrogens (tertiary/aromatic N) is 3. The van der Waals surface area contributed by atoms with Crippen LogP contribution in [0.1, 0.15) is 19.4 Å². The molecular weight excluding hydrogens is 441 g/mol. The SMILES string of the molecule is CC(C)Sc1ccc(CC(=O)N(CCN(C)C)c2nc3ccc(F)cc3s2)cc1.Cl.